The molecule has 0 N–H and O–H groups in total. The first-order valence-corrected chi connectivity index (χ1v) is 8.05. The van der Waals surface area contributed by atoms with Gasteiger partial charge in [-0.15, -0.1) is 13.2 Å². The highest BCUT2D eigenvalue weighted by molar-refractivity contribution is 5.89. The Kier molecular flexibility index (Phi) is 5.04. The Morgan fingerprint density at radius 3 is 2.64 bits per heavy atom. The van der Waals surface area contributed by atoms with Crippen LogP contribution in [-0.4, -0.2) is 49.5 Å². The number of ether oxygens (including phenoxy) is 4. The van der Waals surface area contributed by atoms with E-state index in [1.807, 2.05) is 6.07 Å². The molecule has 1 aromatic carbocycles. The van der Waals surface area contributed by atoms with Gasteiger partial charge < -0.3 is 14.2 Å². The molecule has 1 aliphatic heterocycles. The predicted octanol–water partition coefficient (Wildman–Crippen LogP) is 3.08. The quantitative estimate of drug-likeness (QED) is 0.576. The topological polar surface area (TPSA) is 54.0 Å². The Balaban J connectivity index is 1.45. The number of rotatable bonds is 6. The van der Waals surface area contributed by atoms with Crippen molar-refractivity contribution in [3.05, 3.63) is 35.9 Å². The number of carbonyl (C=O) groups excluding carboxylic acids is 1. The van der Waals surface area contributed by atoms with Gasteiger partial charge >= 0.3 is 12.3 Å². The van der Waals surface area contributed by atoms with E-state index in [2.05, 4.69) is 4.74 Å². The highest BCUT2D eigenvalue weighted by atomic mass is 19.4. The number of esters is 1. The summed E-state index contributed by atoms with van der Waals surface area (Å²) in [6, 6.07) is 8.65. The fraction of sp³-hybridized carbons (Fsp3) is 0.588. The highest BCUT2D eigenvalue weighted by Gasteiger charge is 2.64. The summed E-state index contributed by atoms with van der Waals surface area (Å²) in [5.41, 5.74) is -0.118. The van der Waals surface area contributed by atoms with E-state index in [0.29, 0.717) is 18.4 Å². The third-order valence-corrected chi connectivity index (χ3v) is 4.39. The van der Waals surface area contributed by atoms with Crippen LogP contribution in [0.1, 0.15) is 30.1 Å². The van der Waals surface area contributed by atoms with Gasteiger partial charge in [-0.1, -0.05) is 18.2 Å². The summed E-state index contributed by atoms with van der Waals surface area (Å²) in [7, 11) is 0. The van der Waals surface area contributed by atoms with Crippen molar-refractivity contribution in [3.63, 3.8) is 0 Å². The monoisotopic (exact) mass is 360 g/mol. The smallest absolute Gasteiger partial charge is 0.456 e. The van der Waals surface area contributed by atoms with Crippen LogP contribution >= 0.6 is 0 Å². The van der Waals surface area contributed by atoms with E-state index >= 15 is 0 Å². The lowest BCUT2D eigenvalue weighted by Crippen LogP contribution is -2.25. The van der Waals surface area contributed by atoms with Crippen LogP contribution < -0.4 is 0 Å². The molecule has 4 atom stereocenters. The minimum Gasteiger partial charge on any atom is -0.456 e. The van der Waals surface area contributed by atoms with E-state index < -0.39 is 24.5 Å². The molecule has 2 fully saturated rings. The van der Waals surface area contributed by atoms with Gasteiger partial charge in [-0.05, 0) is 19.1 Å². The van der Waals surface area contributed by atoms with Crippen molar-refractivity contribution in [1.29, 1.82) is 0 Å². The minimum absolute atomic E-state index is 0.178. The zero-order chi connectivity index (χ0) is 18.1. The van der Waals surface area contributed by atoms with Crippen molar-refractivity contribution in [3.8, 4) is 0 Å². The fourth-order valence-electron chi connectivity index (χ4n) is 3.07. The van der Waals surface area contributed by atoms with Gasteiger partial charge in [0.25, 0.3) is 0 Å². The summed E-state index contributed by atoms with van der Waals surface area (Å²) in [4.78, 5) is 12.1. The first-order valence-electron chi connectivity index (χ1n) is 8.05. The lowest BCUT2D eigenvalue weighted by Gasteiger charge is -2.15. The van der Waals surface area contributed by atoms with Gasteiger partial charge in [-0.25, -0.2) is 4.79 Å². The van der Waals surface area contributed by atoms with Crippen LogP contribution in [0.5, 0.6) is 0 Å². The Morgan fingerprint density at radius 1 is 1.24 bits per heavy atom. The molecule has 2 aliphatic rings. The standard InChI is InChI=1S/C17H19F3O5/c1-11-13(22-7-8-23-17(18,19)20)9-16(25-11)10-14(16)24-15(21)12-5-3-2-4-6-12/h2-6,11,13-14H,7-10H2,1H3/t11-,13+,14?,16?/m0/s1. The Bertz CT molecular complexity index is 606. The molecule has 25 heavy (non-hydrogen) atoms. The van der Waals surface area contributed by atoms with Crippen molar-refractivity contribution < 1.29 is 36.9 Å². The lowest BCUT2D eigenvalue weighted by molar-refractivity contribution is -0.327. The van der Waals surface area contributed by atoms with Gasteiger partial charge in [-0.2, -0.15) is 0 Å². The van der Waals surface area contributed by atoms with E-state index in [0.717, 1.165) is 0 Å². The van der Waals surface area contributed by atoms with Crippen LogP contribution in [-0.2, 0) is 18.9 Å². The summed E-state index contributed by atoms with van der Waals surface area (Å²) in [6.45, 7) is 1.05. The number of hydrogen-bond donors (Lipinski definition) is 0. The number of alkyl halides is 3. The van der Waals surface area contributed by atoms with E-state index in [9.17, 15) is 18.0 Å². The van der Waals surface area contributed by atoms with E-state index in [1.165, 1.54) is 0 Å². The van der Waals surface area contributed by atoms with Crippen LogP contribution in [0.2, 0.25) is 0 Å². The first kappa shape index (κ1) is 18.2. The minimum atomic E-state index is -4.66. The second-order valence-corrected chi connectivity index (χ2v) is 6.26. The molecule has 1 aromatic rings. The van der Waals surface area contributed by atoms with Gasteiger partial charge in [0.2, 0.25) is 0 Å². The molecular formula is C17H19F3O5. The van der Waals surface area contributed by atoms with Gasteiger partial charge in [0.15, 0.2) is 0 Å². The van der Waals surface area contributed by atoms with Crippen molar-refractivity contribution in [2.24, 2.45) is 0 Å². The van der Waals surface area contributed by atoms with Crippen LogP contribution in [0.25, 0.3) is 0 Å². The van der Waals surface area contributed by atoms with Gasteiger partial charge in [0.05, 0.1) is 31.0 Å². The largest absolute Gasteiger partial charge is 0.522 e. The summed E-state index contributed by atoms with van der Waals surface area (Å²) in [6.07, 6.45) is -4.61. The molecule has 0 amide bonds. The molecular weight excluding hydrogens is 341 g/mol. The molecule has 3 rings (SSSR count). The summed E-state index contributed by atoms with van der Waals surface area (Å²) in [5, 5.41) is 0. The molecule has 5 nitrogen and oxygen atoms in total. The lowest BCUT2D eigenvalue weighted by atomic mass is 10.1. The third-order valence-electron chi connectivity index (χ3n) is 4.39. The van der Waals surface area contributed by atoms with E-state index in [-0.39, 0.29) is 24.9 Å². The van der Waals surface area contributed by atoms with E-state index in [4.69, 9.17) is 14.2 Å². The maximum atomic E-state index is 12.1. The van der Waals surface area contributed by atoms with E-state index in [1.54, 1.807) is 31.2 Å². The molecule has 0 bridgehead atoms. The SMILES string of the molecule is C[C@@H]1OC2(CC2OC(=O)c2ccccc2)C[C@H]1OCCOC(F)(F)F. The van der Waals surface area contributed by atoms with Gasteiger partial charge in [0, 0.05) is 12.8 Å². The number of hydrogen-bond acceptors (Lipinski definition) is 5. The maximum Gasteiger partial charge on any atom is 0.522 e. The van der Waals surface area contributed by atoms with Gasteiger partial charge in [0.1, 0.15) is 11.7 Å². The fourth-order valence-corrected chi connectivity index (χ4v) is 3.07. The number of halogens is 3. The molecule has 1 saturated carbocycles. The van der Waals surface area contributed by atoms with Crippen LogP contribution in [0.3, 0.4) is 0 Å². The molecule has 0 radical (unpaired) electrons. The number of benzene rings is 1. The molecule has 1 heterocycles. The predicted molar refractivity (Wildman–Crippen MR) is 79.9 cm³/mol. The molecule has 8 heteroatoms. The van der Waals surface area contributed by atoms with Crippen molar-refractivity contribution in [2.45, 2.75) is 50.0 Å². The average Bonchev–Trinajstić information content (AvgIpc) is 3.09. The van der Waals surface area contributed by atoms with Crippen LogP contribution in [0.15, 0.2) is 30.3 Å². The molecule has 1 saturated heterocycles. The zero-order valence-corrected chi connectivity index (χ0v) is 13.6. The molecule has 1 aliphatic carbocycles. The van der Waals surface area contributed by atoms with Crippen molar-refractivity contribution in [2.75, 3.05) is 13.2 Å². The van der Waals surface area contributed by atoms with Crippen molar-refractivity contribution >= 4 is 5.97 Å². The molecule has 2 unspecified atom stereocenters. The Labute approximate surface area is 143 Å². The highest BCUT2D eigenvalue weighted by Crippen LogP contribution is 2.52. The Hall–Kier alpha value is -1.64. The zero-order valence-electron chi connectivity index (χ0n) is 13.6. The maximum absolute atomic E-state index is 12.1. The molecule has 0 aromatic heterocycles. The second-order valence-electron chi connectivity index (χ2n) is 6.26. The van der Waals surface area contributed by atoms with Crippen molar-refractivity contribution in [1.82, 2.24) is 0 Å². The summed E-state index contributed by atoms with van der Waals surface area (Å²) < 4.78 is 56.2. The third kappa shape index (κ3) is 4.50. The van der Waals surface area contributed by atoms with Gasteiger partial charge in [-0.3, -0.25) is 4.74 Å². The van der Waals surface area contributed by atoms with Crippen LogP contribution in [0.4, 0.5) is 13.2 Å². The second kappa shape index (κ2) is 6.93. The summed E-state index contributed by atoms with van der Waals surface area (Å²) in [5.74, 6) is -0.415. The normalized spacial score (nSPS) is 31.3. The first-order chi connectivity index (χ1) is 11.8. The molecule has 1 spiro atoms. The molecule has 138 valence electrons. The van der Waals surface area contributed by atoms with Crippen LogP contribution in [0, 0.1) is 0 Å². The number of carbonyl (C=O) groups is 1. The summed E-state index contributed by atoms with van der Waals surface area (Å²) >= 11 is 0. The Morgan fingerprint density at radius 2 is 1.96 bits per heavy atom. The average molecular weight is 360 g/mol.